The summed E-state index contributed by atoms with van der Waals surface area (Å²) in [6.07, 6.45) is 0.406. The van der Waals surface area contributed by atoms with Crippen molar-refractivity contribution in [2.45, 2.75) is 40.2 Å². The Morgan fingerprint density at radius 2 is 1.97 bits per heavy atom. The van der Waals surface area contributed by atoms with Crippen LogP contribution in [0.4, 0.5) is 8.78 Å². The number of ether oxygens (including phenoxy) is 1. The van der Waals surface area contributed by atoms with E-state index >= 15 is 0 Å². The Labute approximate surface area is 173 Å². The number of esters is 1. The van der Waals surface area contributed by atoms with Gasteiger partial charge in [0.15, 0.2) is 5.96 Å². The maximum atomic E-state index is 13.3. The van der Waals surface area contributed by atoms with Crippen LogP contribution >= 0.6 is 11.3 Å². The van der Waals surface area contributed by atoms with Crippen molar-refractivity contribution >= 4 is 23.3 Å². The maximum Gasteiger partial charge on any atom is 0.350 e. The van der Waals surface area contributed by atoms with E-state index in [-0.39, 0.29) is 12.0 Å². The van der Waals surface area contributed by atoms with E-state index in [1.165, 1.54) is 23.5 Å². The molecule has 0 amide bonds. The van der Waals surface area contributed by atoms with Crippen molar-refractivity contribution < 1.29 is 18.3 Å². The number of aryl methyl sites for hydroxylation is 1. The van der Waals surface area contributed by atoms with Gasteiger partial charge >= 0.3 is 5.97 Å². The van der Waals surface area contributed by atoms with E-state index < -0.39 is 11.6 Å². The summed E-state index contributed by atoms with van der Waals surface area (Å²) in [5.74, 6) is -1.01. The molecule has 2 N–H and O–H groups in total. The van der Waals surface area contributed by atoms with Crippen molar-refractivity contribution in [1.29, 1.82) is 0 Å². The number of halogens is 2. The number of nitrogens with zero attached hydrogens (tertiary/aromatic N) is 2. The number of nitrogens with one attached hydrogen (secondary N) is 2. The van der Waals surface area contributed by atoms with Crippen molar-refractivity contribution in [3.8, 4) is 0 Å². The Hall–Kier alpha value is -2.55. The molecule has 2 aromatic rings. The van der Waals surface area contributed by atoms with Gasteiger partial charge in [-0.15, -0.1) is 11.3 Å². The molecule has 0 saturated heterocycles. The first-order chi connectivity index (χ1) is 13.8. The highest BCUT2D eigenvalue weighted by Crippen LogP contribution is 2.24. The summed E-state index contributed by atoms with van der Waals surface area (Å²) >= 11 is 1.29. The molecule has 0 bridgehead atoms. The third kappa shape index (κ3) is 6.77. The highest BCUT2D eigenvalue weighted by Gasteiger charge is 2.20. The molecule has 0 aliphatic rings. The second-order valence-electron chi connectivity index (χ2n) is 6.34. The third-order valence-corrected chi connectivity index (χ3v) is 5.25. The molecule has 29 heavy (non-hydrogen) atoms. The van der Waals surface area contributed by atoms with E-state index in [2.05, 4.69) is 20.6 Å². The molecular formula is C20H26F2N4O2S. The van der Waals surface area contributed by atoms with Crippen molar-refractivity contribution in [2.24, 2.45) is 4.99 Å². The Balaban J connectivity index is 2.04. The van der Waals surface area contributed by atoms with Crippen molar-refractivity contribution in [3.05, 3.63) is 51.0 Å². The normalized spacial score (nSPS) is 12.6. The smallest absolute Gasteiger partial charge is 0.350 e. The van der Waals surface area contributed by atoms with E-state index in [0.29, 0.717) is 48.2 Å². The van der Waals surface area contributed by atoms with Crippen LogP contribution in [0.5, 0.6) is 0 Å². The lowest BCUT2D eigenvalue weighted by Crippen LogP contribution is -2.38. The Morgan fingerprint density at radius 1 is 1.28 bits per heavy atom. The largest absolute Gasteiger partial charge is 0.462 e. The minimum atomic E-state index is -0.598. The van der Waals surface area contributed by atoms with Gasteiger partial charge in [0.2, 0.25) is 0 Å². The first-order valence-corrected chi connectivity index (χ1v) is 10.3. The molecule has 6 nitrogen and oxygen atoms in total. The molecule has 158 valence electrons. The fourth-order valence-electron chi connectivity index (χ4n) is 2.63. The van der Waals surface area contributed by atoms with Gasteiger partial charge in [-0.25, -0.2) is 18.6 Å². The van der Waals surface area contributed by atoms with Crippen molar-refractivity contribution in [1.82, 2.24) is 15.6 Å². The number of hydrogen-bond donors (Lipinski definition) is 2. The number of benzene rings is 1. The molecule has 1 aromatic carbocycles. The highest BCUT2D eigenvalue weighted by atomic mass is 32.1. The third-order valence-electron chi connectivity index (χ3n) is 3.93. The minimum absolute atomic E-state index is 0.189. The van der Waals surface area contributed by atoms with Crippen LogP contribution in [0, 0.1) is 18.6 Å². The predicted molar refractivity (Wildman–Crippen MR) is 110 cm³/mol. The average molecular weight is 425 g/mol. The first kappa shape index (κ1) is 22.7. The Kier molecular flexibility index (Phi) is 8.50. The van der Waals surface area contributed by atoms with E-state index in [1.54, 1.807) is 13.8 Å². The van der Waals surface area contributed by atoms with Crippen LogP contribution in [-0.2, 0) is 11.2 Å². The van der Waals surface area contributed by atoms with Gasteiger partial charge in [0.05, 0.1) is 18.3 Å². The molecule has 0 spiro atoms. The molecule has 0 radical (unpaired) electrons. The Bertz CT molecular complexity index is 850. The molecule has 0 aliphatic carbocycles. The Morgan fingerprint density at radius 3 is 2.59 bits per heavy atom. The summed E-state index contributed by atoms with van der Waals surface area (Å²) in [4.78, 5) is 21.4. The standard InChI is InChI=1S/C20H26F2N4O2S/c1-5-23-20(24-8-7-14-9-15(21)11-16(22)10-14)26-13(4)18-25-12(3)17(29-18)19(27)28-6-2/h9-11,13H,5-8H2,1-4H3,(H2,23,24,26). The molecule has 0 aliphatic heterocycles. The van der Waals surface area contributed by atoms with Crippen molar-refractivity contribution in [3.63, 3.8) is 0 Å². The zero-order valence-electron chi connectivity index (χ0n) is 17.0. The van der Waals surface area contributed by atoms with Gasteiger partial charge in [-0.2, -0.15) is 0 Å². The first-order valence-electron chi connectivity index (χ1n) is 9.48. The van der Waals surface area contributed by atoms with Crippen LogP contribution in [0.1, 0.15) is 52.7 Å². The molecule has 9 heteroatoms. The number of hydrogen-bond acceptors (Lipinski definition) is 5. The lowest BCUT2D eigenvalue weighted by Gasteiger charge is -2.16. The van der Waals surface area contributed by atoms with Crippen molar-refractivity contribution in [2.75, 3.05) is 19.7 Å². The number of aliphatic imine (C=N–C) groups is 1. The zero-order valence-corrected chi connectivity index (χ0v) is 17.8. The van der Waals surface area contributed by atoms with Gasteiger partial charge in [-0.05, 0) is 51.8 Å². The van der Waals surface area contributed by atoms with E-state index in [1.807, 2.05) is 13.8 Å². The molecule has 0 saturated carbocycles. The molecule has 1 heterocycles. The molecule has 1 aromatic heterocycles. The van der Waals surface area contributed by atoms with Gasteiger partial charge in [0, 0.05) is 19.2 Å². The second-order valence-corrected chi connectivity index (χ2v) is 7.37. The van der Waals surface area contributed by atoms with Crippen LogP contribution in [0.15, 0.2) is 23.2 Å². The van der Waals surface area contributed by atoms with Crippen LogP contribution in [-0.4, -0.2) is 36.6 Å². The van der Waals surface area contributed by atoms with E-state index in [0.717, 1.165) is 11.1 Å². The number of thiazole rings is 1. The fraction of sp³-hybridized carbons (Fsp3) is 0.450. The zero-order chi connectivity index (χ0) is 21.4. The summed E-state index contributed by atoms with van der Waals surface area (Å²) in [7, 11) is 0. The quantitative estimate of drug-likeness (QED) is 0.383. The van der Waals surface area contributed by atoms with Gasteiger partial charge in [0.25, 0.3) is 0 Å². The summed E-state index contributed by atoms with van der Waals surface area (Å²) in [6, 6.07) is 3.26. The lowest BCUT2D eigenvalue weighted by molar-refractivity contribution is 0.0531. The second kappa shape index (κ2) is 10.8. The summed E-state index contributed by atoms with van der Waals surface area (Å²) in [5, 5.41) is 7.11. The topological polar surface area (TPSA) is 75.6 Å². The predicted octanol–water partition coefficient (Wildman–Crippen LogP) is 3.77. The number of carbonyl (C=O) groups is 1. The van der Waals surface area contributed by atoms with Crippen LogP contribution < -0.4 is 10.6 Å². The maximum absolute atomic E-state index is 13.3. The van der Waals surface area contributed by atoms with Crippen LogP contribution in [0.3, 0.4) is 0 Å². The SMILES string of the molecule is CCNC(=NCCc1cc(F)cc(F)c1)NC(C)c1nc(C)c(C(=O)OCC)s1. The summed E-state index contributed by atoms with van der Waals surface area (Å²) < 4.78 is 31.6. The molecular weight excluding hydrogens is 398 g/mol. The van der Waals surface area contributed by atoms with Gasteiger partial charge in [-0.3, -0.25) is 4.99 Å². The summed E-state index contributed by atoms with van der Waals surface area (Å²) in [6.45, 7) is 8.71. The molecule has 2 rings (SSSR count). The van der Waals surface area contributed by atoms with E-state index in [4.69, 9.17) is 4.74 Å². The van der Waals surface area contributed by atoms with Crippen LogP contribution in [0.25, 0.3) is 0 Å². The molecule has 1 atom stereocenters. The monoisotopic (exact) mass is 424 g/mol. The highest BCUT2D eigenvalue weighted by molar-refractivity contribution is 7.13. The number of carbonyl (C=O) groups excluding carboxylic acids is 1. The molecule has 0 fully saturated rings. The molecule has 1 unspecified atom stereocenters. The number of rotatable bonds is 8. The number of aromatic nitrogens is 1. The lowest BCUT2D eigenvalue weighted by atomic mass is 10.1. The number of guanidine groups is 1. The van der Waals surface area contributed by atoms with E-state index in [9.17, 15) is 13.6 Å². The fourth-order valence-corrected chi connectivity index (χ4v) is 3.59. The van der Waals surface area contributed by atoms with Gasteiger partial charge in [-0.1, -0.05) is 0 Å². The summed E-state index contributed by atoms with van der Waals surface area (Å²) in [5.41, 5.74) is 1.18. The average Bonchev–Trinajstić information content (AvgIpc) is 3.03. The van der Waals surface area contributed by atoms with Gasteiger partial charge < -0.3 is 15.4 Å². The van der Waals surface area contributed by atoms with Gasteiger partial charge in [0.1, 0.15) is 21.5 Å². The van der Waals surface area contributed by atoms with Crippen LogP contribution in [0.2, 0.25) is 0 Å². The minimum Gasteiger partial charge on any atom is -0.462 e.